The van der Waals surface area contributed by atoms with Crippen molar-refractivity contribution in [1.29, 1.82) is 0 Å². The number of hydrogen-bond donors (Lipinski definition) is 2. The van der Waals surface area contributed by atoms with Crippen molar-refractivity contribution in [2.24, 2.45) is 0 Å². The number of aliphatic hydroxyl groups excluding tert-OH is 2. The van der Waals surface area contributed by atoms with Gasteiger partial charge in [-0.2, -0.15) is 0 Å². The molecule has 0 fully saturated rings. The average molecular weight is 251 g/mol. The first-order valence-electron chi connectivity index (χ1n) is 5.44. The van der Waals surface area contributed by atoms with Crippen LogP contribution in [0.3, 0.4) is 0 Å². The molecule has 0 bridgehead atoms. The molecule has 7 heteroatoms. The molecule has 0 aromatic heterocycles. The first-order chi connectivity index (χ1) is 8.11. The van der Waals surface area contributed by atoms with E-state index in [9.17, 15) is 4.79 Å². The van der Waals surface area contributed by atoms with Crippen LogP contribution < -0.4 is 0 Å². The zero-order valence-electron chi connectivity index (χ0n) is 10.3. The first-order valence-corrected chi connectivity index (χ1v) is 5.44. The molecule has 0 heterocycles. The van der Waals surface area contributed by atoms with Crippen molar-refractivity contribution in [1.82, 2.24) is 4.90 Å². The molecule has 0 rings (SSSR count). The fraction of sp³-hybridized carbons (Fsp3) is 0.900. The van der Waals surface area contributed by atoms with Crippen LogP contribution in [0.25, 0.3) is 0 Å². The summed E-state index contributed by atoms with van der Waals surface area (Å²) in [5.41, 5.74) is 0. The van der Waals surface area contributed by atoms with Crippen LogP contribution in [0.5, 0.6) is 0 Å². The molecule has 0 saturated heterocycles. The van der Waals surface area contributed by atoms with Gasteiger partial charge in [0.15, 0.2) is 0 Å². The summed E-state index contributed by atoms with van der Waals surface area (Å²) in [7, 11) is 0. The lowest BCUT2D eigenvalue weighted by Gasteiger charge is -2.22. The number of rotatable bonds is 9. The van der Waals surface area contributed by atoms with Crippen molar-refractivity contribution in [3.63, 3.8) is 0 Å². The number of ether oxygens (including phenoxy) is 3. The summed E-state index contributed by atoms with van der Waals surface area (Å²) in [5.74, 6) is 0. The molecular formula is C10H21NO6. The number of aliphatic hydroxyl groups is 2. The topological polar surface area (TPSA) is 88.5 Å². The molecule has 0 aromatic carbocycles. The largest absolute Gasteiger partial charge is 0.447 e. The van der Waals surface area contributed by atoms with Crippen LogP contribution in [0.2, 0.25) is 0 Å². The van der Waals surface area contributed by atoms with Crippen molar-refractivity contribution in [3.8, 4) is 0 Å². The highest BCUT2D eigenvalue weighted by Crippen LogP contribution is 1.99. The highest BCUT2D eigenvalue weighted by Gasteiger charge is 2.16. The Labute approximate surface area is 101 Å². The molecule has 2 N–H and O–H groups in total. The highest BCUT2D eigenvalue weighted by atomic mass is 16.6. The smallest absolute Gasteiger partial charge is 0.413 e. The van der Waals surface area contributed by atoms with E-state index in [1.54, 1.807) is 13.8 Å². The van der Waals surface area contributed by atoms with E-state index < -0.39 is 6.09 Å². The molecular weight excluding hydrogens is 230 g/mol. The number of amides is 1. The molecule has 1 amide bonds. The Morgan fingerprint density at radius 2 is 1.59 bits per heavy atom. The van der Waals surface area contributed by atoms with Gasteiger partial charge in [-0.1, -0.05) is 0 Å². The van der Waals surface area contributed by atoms with Crippen LogP contribution in [0.4, 0.5) is 4.79 Å². The van der Waals surface area contributed by atoms with E-state index in [1.165, 1.54) is 4.90 Å². The Morgan fingerprint density at radius 1 is 1.12 bits per heavy atom. The van der Waals surface area contributed by atoms with E-state index in [2.05, 4.69) is 0 Å². The number of nitrogens with zero attached hydrogens (tertiary/aromatic N) is 1. The average Bonchev–Trinajstić information content (AvgIpc) is 2.26. The van der Waals surface area contributed by atoms with Crippen molar-refractivity contribution < 1.29 is 29.2 Å². The van der Waals surface area contributed by atoms with E-state index in [0.717, 1.165) is 0 Å². The predicted molar refractivity (Wildman–Crippen MR) is 59.3 cm³/mol. The molecule has 0 aliphatic heterocycles. The Kier molecular flexibility index (Phi) is 9.74. The Bertz CT molecular complexity index is 189. The molecule has 0 unspecified atom stereocenters. The second-order valence-corrected chi connectivity index (χ2v) is 3.49. The van der Waals surface area contributed by atoms with E-state index >= 15 is 0 Å². The quantitative estimate of drug-likeness (QED) is 0.434. The lowest BCUT2D eigenvalue weighted by atomic mass is 10.5. The minimum atomic E-state index is -0.559. The molecule has 17 heavy (non-hydrogen) atoms. The van der Waals surface area contributed by atoms with Gasteiger partial charge in [0.2, 0.25) is 0 Å². The van der Waals surface area contributed by atoms with Gasteiger partial charge in [0.25, 0.3) is 0 Å². The van der Waals surface area contributed by atoms with E-state index in [1.807, 2.05) is 0 Å². The number of carbonyl (C=O) groups is 1. The molecule has 0 aliphatic carbocycles. The zero-order chi connectivity index (χ0) is 13.1. The van der Waals surface area contributed by atoms with E-state index in [0.29, 0.717) is 0 Å². The van der Waals surface area contributed by atoms with Gasteiger partial charge < -0.3 is 24.4 Å². The van der Waals surface area contributed by atoms with Crippen molar-refractivity contribution >= 4 is 6.09 Å². The molecule has 0 atom stereocenters. The lowest BCUT2D eigenvalue weighted by molar-refractivity contribution is -0.0546. The SMILES string of the molecule is CC(C)OC(=O)N(COCCO)COCCO. The van der Waals surface area contributed by atoms with Gasteiger partial charge in [-0.15, -0.1) is 0 Å². The fourth-order valence-corrected chi connectivity index (χ4v) is 0.897. The molecule has 0 aromatic rings. The monoisotopic (exact) mass is 251 g/mol. The van der Waals surface area contributed by atoms with Crippen LogP contribution in [-0.2, 0) is 14.2 Å². The van der Waals surface area contributed by atoms with Crippen LogP contribution >= 0.6 is 0 Å². The minimum absolute atomic E-state index is 0.0302. The van der Waals surface area contributed by atoms with Crippen LogP contribution in [-0.4, -0.2) is 67.2 Å². The predicted octanol–water partition coefficient (Wildman–Crippen LogP) is -0.234. The normalized spacial score (nSPS) is 10.6. The van der Waals surface area contributed by atoms with Crippen LogP contribution in [0.1, 0.15) is 13.8 Å². The second kappa shape index (κ2) is 10.3. The molecule has 0 spiro atoms. The molecule has 0 radical (unpaired) electrons. The Morgan fingerprint density at radius 3 is 1.94 bits per heavy atom. The summed E-state index contributed by atoms with van der Waals surface area (Å²) in [5, 5.41) is 17.1. The van der Waals surface area contributed by atoms with Gasteiger partial charge in [-0.3, -0.25) is 4.90 Å². The summed E-state index contributed by atoms with van der Waals surface area (Å²) in [4.78, 5) is 12.8. The molecule has 0 aliphatic rings. The summed E-state index contributed by atoms with van der Waals surface area (Å²) in [6.07, 6.45) is -0.795. The van der Waals surface area contributed by atoms with Gasteiger partial charge in [-0.05, 0) is 13.8 Å². The third-order valence-corrected chi connectivity index (χ3v) is 1.56. The Hall–Kier alpha value is -0.890. The van der Waals surface area contributed by atoms with E-state index in [4.69, 9.17) is 24.4 Å². The maximum absolute atomic E-state index is 11.6. The van der Waals surface area contributed by atoms with Crippen molar-refractivity contribution in [3.05, 3.63) is 0 Å². The zero-order valence-corrected chi connectivity index (χ0v) is 10.3. The maximum atomic E-state index is 11.6. The molecule has 0 saturated carbocycles. The van der Waals surface area contributed by atoms with Crippen molar-refractivity contribution in [2.45, 2.75) is 20.0 Å². The first kappa shape index (κ1) is 16.1. The maximum Gasteiger partial charge on any atom is 0.413 e. The van der Waals surface area contributed by atoms with Crippen molar-refractivity contribution in [2.75, 3.05) is 39.9 Å². The highest BCUT2D eigenvalue weighted by molar-refractivity contribution is 5.67. The number of carbonyl (C=O) groups excluding carboxylic acids is 1. The Balaban J connectivity index is 4.03. The lowest BCUT2D eigenvalue weighted by Crippen LogP contribution is -2.37. The van der Waals surface area contributed by atoms with Crippen LogP contribution in [0, 0.1) is 0 Å². The third kappa shape index (κ3) is 8.87. The fourth-order valence-electron chi connectivity index (χ4n) is 0.897. The third-order valence-electron chi connectivity index (χ3n) is 1.56. The summed E-state index contributed by atoms with van der Waals surface area (Å²) >= 11 is 0. The summed E-state index contributed by atoms with van der Waals surface area (Å²) < 4.78 is 15.0. The summed E-state index contributed by atoms with van der Waals surface area (Å²) in [6, 6.07) is 0. The van der Waals surface area contributed by atoms with Gasteiger partial charge in [0.05, 0.1) is 32.5 Å². The van der Waals surface area contributed by atoms with Gasteiger partial charge >= 0.3 is 6.09 Å². The second-order valence-electron chi connectivity index (χ2n) is 3.49. The standard InChI is InChI=1S/C10H21NO6/c1-9(2)17-10(14)11(7-15-5-3-12)8-16-6-4-13/h9,12-13H,3-8H2,1-2H3. The number of hydrogen-bond acceptors (Lipinski definition) is 6. The van der Waals surface area contributed by atoms with E-state index in [-0.39, 0.29) is 46.0 Å². The minimum Gasteiger partial charge on any atom is -0.447 e. The van der Waals surface area contributed by atoms with Gasteiger partial charge in [-0.25, -0.2) is 4.79 Å². The summed E-state index contributed by atoms with van der Waals surface area (Å²) in [6.45, 7) is 3.43. The van der Waals surface area contributed by atoms with Gasteiger partial charge in [0.1, 0.15) is 13.5 Å². The van der Waals surface area contributed by atoms with Gasteiger partial charge in [0, 0.05) is 0 Å². The molecule has 7 nitrogen and oxygen atoms in total. The molecule has 102 valence electrons. The van der Waals surface area contributed by atoms with Crippen LogP contribution in [0.15, 0.2) is 0 Å².